The summed E-state index contributed by atoms with van der Waals surface area (Å²) in [7, 11) is 0. The van der Waals surface area contributed by atoms with E-state index in [1.54, 1.807) is 23.6 Å². The van der Waals surface area contributed by atoms with Crippen LogP contribution in [0.2, 0.25) is 0 Å². The van der Waals surface area contributed by atoms with Crippen LogP contribution in [0.15, 0.2) is 60.7 Å². The van der Waals surface area contributed by atoms with Crippen molar-refractivity contribution >= 4 is 23.3 Å². The topological polar surface area (TPSA) is 81.4 Å². The predicted octanol–water partition coefficient (Wildman–Crippen LogP) is 4.02. The van der Waals surface area contributed by atoms with Crippen molar-refractivity contribution in [3.63, 3.8) is 0 Å². The fourth-order valence-corrected chi connectivity index (χ4v) is 2.84. The van der Waals surface area contributed by atoms with Gasteiger partial charge in [-0.15, -0.1) is 5.10 Å². The normalized spacial score (nSPS) is 10.8. The lowest BCUT2D eigenvalue weighted by atomic mass is 10.2. The van der Waals surface area contributed by atoms with Crippen LogP contribution in [0.1, 0.15) is 23.0 Å². The minimum atomic E-state index is -0.333. The number of ether oxygens (including phenoxy) is 1. The molecule has 0 aliphatic heterocycles. The number of hydrogen-bond acceptors (Lipinski definition) is 6. The summed E-state index contributed by atoms with van der Waals surface area (Å²) in [5.74, 6) is 1.53. The molecular weight excluding hydrogens is 354 g/mol. The van der Waals surface area contributed by atoms with Crippen molar-refractivity contribution in [2.24, 2.45) is 0 Å². The van der Waals surface area contributed by atoms with E-state index in [1.165, 1.54) is 0 Å². The van der Waals surface area contributed by atoms with E-state index >= 15 is 0 Å². The highest BCUT2D eigenvalue weighted by Gasteiger charge is 2.12. The molecule has 0 spiro atoms. The molecular formula is C21H19N5O2. The van der Waals surface area contributed by atoms with E-state index < -0.39 is 0 Å². The van der Waals surface area contributed by atoms with E-state index in [1.807, 2.05) is 55.5 Å². The van der Waals surface area contributed by atoms with Gasteiger partial charge in [0.15, 0.2) is 5.82 Å². The monoisotopic (exact) mass is 373 g/mol. The van der Waals surface area contributed by atoms with Gasteiger partial charge in [0.25, 0.3) is 5.78 Å². The number of aromatic nitrogens is 4. The lowest BCUT2D eigenvalue weighted by Crippen LogP contribution is -2.05. The first kappa shape index (κ1) is 17.7. The summed E-state index contributed by atoms with van der Waals surface area (Å²) in [5.41, 5.74) is 3.08. The molecule has 2 aromatic heterocycles. The van der Waals surface area contributed by atoms with Gasteiger partial charge in [-0.05, 0) is 38.1 Å². The van der Waals surface area contributed by atoms with Gasteiger partial charge in [0.05, 0.1) is 12.2 Å². The fraction of sp³-hybridized carbons (Fsp3) is 0.143. The average Bonchev–Trinajstić information content (AvgIpc) is 3.13. The van der Waals surface area contributed by atoms with Crippen LogP contribution in [0, 0.1) is 6.92 Å². The maximum absolute atomic E-state index is 11.8. The highest BCUT2D eigenvalue weighted by Crippen LogP contribution is 2.21. The molecule has 0 aliphatic rings. The van der Waals surface area contributed by atoms with Gasteiger partial charge in [0, 0.05) is 23.0 Å². The Kier molecular flexibility index (Phi) is 4.72. The van der Waals surface area contributed by atoms with Crippen LogP contribution in [-0.4, -0.2) is 32.2 Å². The second kappa shape index (κ2) is 7.48. The van der Waals surface area contributed by atoms with Gasteiger partial charge in [-0.2, -0.15) is 9.50 Å². The summed E-state index contributed by atoms with van der Waals surface area (Å²) in [6.45, 7) is 4.04. The minimum Gasteiger partial charge on any atom is -0.462 e. The number of fused-ring (bicyclic) bond motifs is 1. The zero-order valence-electron chi connectivity index (χ0n) is 15.6. The maximum atomic E-state index is 11.8. The number of carbonyl (C=O) groups is 1. The van der Waals surface area contributed by atoms with Gasteiger partial charge in [-0.1, -0.05) is 30.3 Å². The molecule has 2 aromatic carbocycles. The predicted molar refractivity (Wildman–Crippen MR) is 107 cm³/mol. The van der Waals surface area contributed by atoms with Crippen LogP contribution in [0.5, 0.6) is 0 Å². The smallest absolute Gasteiger partial charge is 0.338 e. The summed E-state index contributed by atoms with van der Waals surface area (Å²) >= 11 is 0. The molecule has 140 valence electrons. The highest BCUT2D eigenvalue weighted by molar-refractivity contribution is 5.89. The number of hydrogen-bond donors (Lipinski definition) is 1. The van der Waals surface area contributed by atoms with E-state index in [2.05, 4.69) is 20.4 Å². The largest absolute Gasteiger partial charge is 0.462 e. The van der Waals surface area contributed by atoms with Crippen LogP contribution < -0.4 is 5.32 Å². The number of rotatable bonds is 5. The van der Waals surface area contributed by atoms with Gasteiger partial charge < -0.3 is 10.1 Å². The maximum Gasteiger partial charge on any atom is 0.338 e. The number of nitrogens with zero attached hydrogens (tertiary/aromatic N) is 4. The lowest BCUT2D eigenvalue weighted by molar-refractivity contribution is 0.0526. The Morgan fingerprint density at radius 3 is 2.54 bits per heavy atom. The van der Waals surface area contributed by atoms with E-state index in [9.17, 15) is 4.79 Å². The molecule has 28 heavy (non-hydrogen) atoms. The Morgan fingerprint density at radius 2 is 1.82 bits per heavy atom. The van der Waals surface area contributed by atoms with Gasteiger partial charge >= 0.3 is 5.97 Å². The molecule has 0 amide bonds. The van der Waals surface area contributed by atoms with Crippen molar-refractivity contribution in [1.82, 2.24) is 19.6 Å². The quantitative estimate of drug-likeness (QED) is 0.532. The third-order valence-corrected chi connectivity index (χ3v) is 4.14. The molecule has 0 unspecified atom stereocenters. The third kappa shape index (κ3) is 3.55. The van der Waals surface area contributed by atoms with Gasteiger partial charge in [-0.25, -0.2) is 9.78 Å². The van der Waals surface area contributed by atoms with Crippen LogP contribution >= 0.6 is 0 Å². The summed E-state index contributed by atoms with van der Waals surface area (Å²) in [4.78, 5) is 20.8. The van der Waals surface area contributed by atoms with Crippen molar-refractivity contribution in [2.75, 3.05) is 11.9 Å². The minimum absolute atomic E-state index is 0.333. The summed E-state index contributed by atoms with van der Waals surface area (Å²) in [6.07, 6.45) is 0. The van der Waals surface area contributed by atoms with Crippen LogP contribution in [0.4, 0.5) is 11.5 Å². The molecule has 0 saturated heterocycles. The standard InChI is InChI=1S/C21H19N5O2/c1-3-28-20(27)16-9-11-17(12-10-16)23-18-13-14(2)22-21-24-19(25-26(18)21)15-7-5-4-6-8-15/h4-13,23H,3H2,1-2H3. The first-order valence-electron chi connectivity index (χ1n) is 8.98. The molecule has 4 aromatic rings. The molecule has 4 rings (SSSR count). The Bertz CT molecular complexity index is 1120. The number of anilines is 2. The van der Waals surface area contributed by atoms with Crippen LogP contribution in [-0.2, 0) is 4.74 Å². The molecule has 0 aliphatic carbocycles. The second-order valence-corrected chi connectivity index (χ2v) is 6.22. The first-order valence-corrected chi connectivity index (χ1v) is 8.98. The Hall–Kier alpha value is -3.74. The van der Waals surface area contributed by atoms with E-state index in [0.717, 1.165) is 22.8 Å². The molecule has 7 heteroatoms. The number of benzene rings is 2. The Morgan fingerprint density at radius 1 is 1.07 bits per heavy atom. The number of carbonyl (C=O) groups excluding carboxylic acids is 1. The molecule has 0 radical (unpaired) electrons. The fourth-order valence-electron chi connectivity index (χ4n) is 2.84. The van der Waals surface area contributed by atoms with Crippen molar-refractivity contribution in [2.45, 2.75) is 13.8 Å². The summed E-state index contributed by atoms with van der Waals surface area (Å²) in [6, 6.07) is 18.8. The molecule has 0 atom stereocenters. The van der Waals surface area contributed by atoms with E-state index in [4.69, 9.17) is 4.74 Å². The second-order valence-electron chi connectivity index (χ2n) is 6.22. The van der Waals surface area contributed by atoms with Gasteiger partial charge in [0.1, 0.15) is 5.82 Å². The average molecular weight is 373 g/mol. The Labute approximate surface area is 162 Å². The Balaban J connectivity index is 1.67. The van der Waals surface area contributed by atoms with Crippen LogP contribution in [0.25, 0.3) is 17.2 Å². The molecule has 0 bridgehead atoms. The number of esters is 1. The number of nitrogens with one attached hydrogen (secondary N) is 1. The molecule has 1 N–H and O–H groups in total. The zero-order chi connectivity index (χ0) is 19.5. The highest BCUT2D eigenvalue weighted by atomic mass is 16.5. The zero-order valence-corrected chi connectivity index (χ0v) is 15.6. The summed E-state index contributed by atoms with van der Waals surface area (Å²) < 4.78 is 6.69. The summed E-state index contributed by atoms with van der Waals surface area (Å²) in [5, 5.41) is 7.92. The van der Waals surface area contributed by atoms with Crippen LogP contribution in [0.3, 0.4) is 0 Å². The van der Waals surface area contributed by atoms with E-state index in [0.29, 0.717) is 23.8 Å². The number of aryl methyl sites for hydroxylation is 1. The molecule has 0 fully saturated rings. The lowest BCUT2D eigenvalue weighted by Gasteiger charge is -2.09. The van der Waals surface area contributed by atoms with Gasteiger partial charge in [-0.3, -0.25) is 0 Å². The SMILES string of the molecule is CCOC(=O)c1ccc(Nc2cc(C)nc3nc(-c4ccccc4)nn23)cc1. The van der Waals surface area contributed by atoms with Crippen molar-refractivity contribution in [3.05, 3.63) is 71.9 Å². The first-order chi connectivity index (χ1) is 13.6. The van der Waals surface area contributed by atoms with Crippen molar-refractivity contribution in [1.29, 1.82) is 0 Å². The molecule has 0 saturated carbocycles. The molecule has 2 heterocycles. The van der Waals surface area contributed by atoms with Gasteiger partial charge in [0.2, 0.25) is 0 Å². The van der Waals surface area contributed by atoms with Crippen molar-refractivity contribution in [3.8, 4) is 11.4 Å². The third-order valence-electron chi connectivity index (χ3n) is 4.14. The molecule has 7 nitrogen and oxygen atoms in total. The van der Waals surface area contributed by atoms with E-state index in [-0.39, 0.29) is 5.97 Å². The van der Waals surface area contributed by atoms with Crippen molar-refractivity contribution < 1.29 is 9.53 Å².